The fourth-order valence-corrected chi connectivity index (χ4v) is 2.13. The third-order valence-corrected chi connectivity index (χ3v) is 3.27. The molecular formula is C14H18F3NO2. The molecule has 0 aliphatic carbocycles. The van der Waals surface area contributed by atoms with Crippen molar-refractivity contribution in [2.24, 2.45) is 5.73 Å². The average Bonchev–Trinajstić information content (AvgIpc) is 2.37. The minimum absolute atomic E-state index is 0.0245. The molecule has 0 amide bonds. The average molecular weight is 289 g/mol. The number of rotatable bonds is 6. The summed E-state index contributed by atoms with van der Waals surface area (Å²) in [5.41, 5.74) is 2.42. The number of alkyl halides is 3. The number of benzene rings is 1. The van der Waals surface area contributed by atoms with Crippen molar-refractivity contribution >= 4 is 5.97 Å². The number of unbranched alkanes of at least 4 members (excludes halogenated alkanes) is 2. The summed E-state index contributed by atoms with van der Waals surface area (Å²) < 4.78 is 38.9. The van der Waals surface area contributed by atoms with Crippen LogP contribution in [0.4, 0.5) is 13.2 Å². The lowest BCUT2D eigenvalue weighted by molar-refractivity contribution is -0.146. The van der Waals surface area contributed by atoms with E-state index < -0.39 is 23.2 Å². The van der Waals surface area contributed by atoms with Crippen LogP contribution in [0.1, 0.15) is 43.7 Å². The Bertz CT molecular complexity index is 474. The van der Waals surface area contributed by atoms with E-state index in [2.05, 4.69) is 0 Å². The van der Waals surface area contributed by atoms with Crippen LogP contribution in [0.15, 0.2) is 24.3 Å². The van der Waals surface area contributed by atoms with Crippen LogP contribution in [-0.2, 0) is 16.5 Å². The van der Waals surface area contributed by atoms with Gasteiger partial charge in [-0.2, -0.15) is 13.2 Å². The van der Waals surface area contributed by atoms with Crippen molar-refractivity contribution in [1.82, 2.24) is 0 Å². The lowest BCUT2D eigenvalue weighted by Gasteiger charge is -2.28. The molecule has 0 aliphatic rings. The first-order valence-electron chi connectivity index (χ1n) is 6.42. The highest BCUT2D eigenvalue weighted by Gasteiger charge is 2.43. The van der Waals surface area contributed by atoms with E-state index in [0.29, 0.717) is 6.42 Å². The molecule has 1 atom stereocenters. The van der Waals surface area contributed by atoms with Crippen molar-refractivity contribution in [3.05, 3.63) is 35.4 Å². The molecule has 0 heterocycles. The maximum Gasteiger partial charge on any atom is 0.416 e. The predicted octanol–water partition coefficient (Wildman–Crippen LogP) is 3.52. The van der Waals surface area contributed by atoms with Gasteiger partial charge in [0.15, 0.2) is 0 Å². The number of hydrogen-bond donors (Lipinski definition) is 2. The van der Waals surface area contributed by atoms with Crippen LogP contribution >= 0.6 is 0 Å². The molecule has 1 unspecified atom stereocenters. The summed E-state index contributed by atoms with van der Waals surface area (Å²) in [4.78, 5) is 11.4. The third-order valence-electron chi connectivity index (χ3n) is 3.27. The largest absolute Gasteiger partial charge is 0.480 e. The summed E-state index contributed by atoms with van der Waals surface area (Å²) in [5.74, 6) is -1.44. The Morgan fingerprint density at radius 1 is 1.20 bits per heavy atom. The molecule has 1 aromatic rings. The molecule has 0 radical (unpaired) electrons. The summed E-state index contributed by atoms with van der Waals surface area (Å²) in [5, 5.41) is 9.28. The number of carboxylic acids is 1. The first-order chi connectivity index (χ1) is 9.23. The van der Waals surface area contributed by atoms with E-state index in [4.69, 9.17) is 5.73 Å². The molecule has 112 valence electrons. The van der Waals surface area contributed by atoms with Gasteiger partial charge in [-0.15, -0.1) is 0 Å². The highest BCUT2D eigenvalue weighted by Crippen LogP contribution is 2.37. The Kier molecular flexibility index (Phi) is 5.16. The fourth-order valence-electron chi connectivity index (χ4n) is 2.13. The van der Waals surface area contributed by atoms with Crippen molar-refractivity contribution in [2.45, 2.75) is 44.3 Å². The minimum atomic E-state index is -4.62. The van der Waals surface area contributed by atoms with Crippen molar-refractivity contribution in [3.8, 4) is 0 Å². The van der Waals surface area contributed by atoms with E-state index in [0.717, 1.165) is 25.0 Å². The van der Waals surface area contributed by atoms with Gasteiger partial charge in [0.1, 0.15) is 5.54 Å². The lowest BCUT2D eigenvalue weighted by atomic mass is 9.83. The summed E-state index contributed by atoms with van der Waals surface area (Å²) >= 11 is 0. The second-order valence-electron chi connectivity index (χ2n) is 4.78. The Morgan fingerprint density at radius 2 is 1.75 bits per heavy atom. The SMILES string of the molecule is CCCCCC(N)(C(=O)O)c1ccccc1C(F)(F)F. The van der Waals surface area contributed by atoms with Gasteiger partial charge in [-0.25, -0.2) is 4.79 Å². The van der Waals surface area contributed by atoms with E-state index >= 15 is 0 Å². The Morgan fingerprint density at radius 3 is 2.20 bits per heavy atom. The van der Waals surface area contributed by atoms with Gasteiger partial charge in [0.25, 0.3) is 0 Å². The number of hydrogen-bond acceptors (Lipinski definition) is 2. The van der Waals surface area contributed by atoms with Crippen molar-refractivity contribution in [2.75, 3.05) is 0 Å². The predicted molar refractivity (Wildman–Crippen MR) is 69.1 cm³/mol. The molecule has 20 heavy (non-hydrogen) atoms. The molecular weight excluding hydrogens is 271 g/mol. The van der Waals surface area contributed by atoms with Gasteiger partial charge < -0.3 is 10.8 Å². The quantitative estimate of drug-likeness (QED) is 0.787. The maximum absolute atomic E-state index is 13.0. The number of carbonyl (C=O) groups is 1. The molecule has 0 aliphatic heterocycles. The molecule has 0 fully saturated rings. The van der Waals surface area contributed by atoms with Gasteiger partial charge in [-0.05, 0) is 18.1 Å². The van der Waals surface area contributed by atoms with Crippen LogP contribution in [0.3, 0.4) is 0 Å². The highest BCUT2D eigenvalue weighted by molar-refractivity contribution is 5.81. The maximum atomic E-state index is 13.0. The Hall–Kier alpha value is -1.56. The smallest absolute Gasteiger partial charge is 0.416 e. The second-order valence-corrected chi connectivity index (χ2v) is 4.78. The first kappa shape index (κ1) is 16.5. The molecule has 1 aromatic carbocycles. The zero-order chi connectivity index (χ0) is 15.4. The van der Waals surface area contributed by atoms with E-state index in [9.17, 15) is 23.1 Å². The van der Waals surface area contributed by atoms with Crippen LogP contribution in [-0.4, -0.2) is 11.1 Å². The van der Waals surface area contributed by atoms with E-state index in [1.165, 1.54) is 12.1 Å². The van der Waals surface area contributed by atoms with Crippen molar-refractivity contribution in [3.63, 3.8) is 0 Å². The van der Waals surface area contributed by atoms with Gasteiger partial charge in [-0.3, -0.25) is 0 Å². The van der Waals surface area contributed by atoms with Gasteiger partial charge in [0.05, 0.1) is 5.56 Å². The normalized spacial score (nSPS) is 14.8. The number of aliphatic carboxylic acids is 1. The zero-order valence-electron chi connectivity index (χ0n) is 11.2. The van der Waals surface area contributed by atoms with Crippen LogP contribution in [0.2, 0.25) is 0 Å². The molecule has 6 heteroatoms. The topological polar surface area (TPSA) is 63.3 Å². The number of halogens is 3. The van der Waals surface area contributed by atoms with E-state index in [1.54, 1.807) is 0 Å². The first-order valence-corrected chi connectivity index (χ1v) is 6.42. The molecule has 1 rings (SSSR count). The summed E-state index contributed by atoms with van der Waals surface area (Å²) in [7, 11) is 0. The van der Waals surface area contributed by atoms with Gasteiger partial charge in [0.2, 0.25) is 0 Å². The highest BCUT2D eigenvalue weighted by atomic mass is 19.4. The summed E-state index contributed by atoms with van der Waals surface area (Å²) in [6, 6.07) is 4.60. The molecule has 0 spiro atoms. The monoisotopic (exact) mass is 289 g/mol. The fraction of sp³-hybridized carbons (Fsp3) is 0.500. The third kappa shape index (κ3) is 3.50. The number of carboxylic acid groups (broad SMARTS) is 1. The second kappa shape index (κ2) is 6.26. The van der Waals surface area contributed by atoms with E-state index in [1.807, 2.05) is 6.92 Å². The summed E-state index contributed by atoms with van der Waals surface area (Å²) in [6.45, 7) is 1.92. The Labute approximate surface area is 115 Å². The zero-order valence-corrected chi connectivity index (χ0v) is 11.2. The van der Waals surface area contributed by atoms with Crippen LogP contribution < -0.4 is 5.73 Å². The molecule has 3 nitrogen and oxygen atoms in total. The van der Waals surface area contributed by atoms with Crippen molar-refractivity contribution < 1.29 is 23.1 Å². The molecule has 0 saturated carbocycles. The van der Waals surface area contributed by atoms with Crippen LogP contribution in [0.5, 0.6) is 0 Å². The minimum Gasteiger partial charge on any atom is -0.480 e. The van der Waals surface area contributed by atoms with Crippen LogP contribution in [0.25, 0.3) is 0 Å². The van der Waals surface area contributed by atoms with Crippen LogP contribution in [0, 0.1) is 0 Å². The molecule has 3 N–H and O–H groups in total. The number of nitrogens with two attached hydrogens (primary N) is 1. The van der Waals surface area contributed by atoms with Gasteiger partial charge in [-0.1, -0.05) is 44.4 Å². The standard InChI is InChI=1S/C14H18F3NO2/c1-2-3-6-9-13(18,12(19)20)10-7-4-5-8-11(10)14(15,16)17/h4-5,7-8H,2-3,6,9,18H2,1H3,(H,19,20). The molecule has 0 aromatic heterocycles. The molecule has 0 bridgehead atoms. The van der Waals surface area contributed by atoms with E-state index in [-0.39, 0.29) is 12.0 Å². The molecule has 0 saturated heterocycles. The Balaban J connectivity index is 3.25. The van der Waals surface area contributed by atoms with Crippen molar-refractivity contribution in [1.29, 1.82) is 0 Å². The van der Waals surface area contributed by atoms with Gasteiger partial charge >= 0.3 is 12.1 Å². The summed E-state index contributed by atoms with van der Waals surface area (Å²) in [6.07, 6.45) is -2.63. The van der Waals surface area contributed by atoms with Gasteiger partial charge in [0, 0.05) is 0 Å². The lowest BCUT2D eigenvalue weighted by Crippen LogP contribution is -2.46.